The Morgan fingerprint density at radius 1 is 1.29 bits per heavy atom. The molecular formula is C18H25FN4O. The van der Waals surface area contributed by atoms with Gasteiger partial charge in [-0.25, -0.2) is 9.07 Å². The molecule has 2 aromatic rings. The van der Waals surface area contributed by atoms with Gasteiger partial charge in [0.2, 0.25) is 5.91 Å². The lowest BCUT2D eigenvalue weighted by Crippen LogP contribution is -2.41. The molecule has 0 fully saturated rings. The number of nitrogens with zero attached hydrogens (tertiary/aromatic N) is 2. The molecule has 0 aliphatic carbocycles. The van der Waals surface area contributed by atoms with Crippen molar-refractivity contribution in [3.8, 4) is 5.69 Å². The maximum Gasteiger partial charge on any atom is 0.231 e. The Labute approximate surface area is 142 Å². The van der Waals surface area contributed by atoms with Crippen LogP contribution in [0.15, 0.2) is 24.3 Å². The topological polar surface area (TPSA) is 72.9 Å². The first-order valence-corrected chi connectivity index (χ1v) is 8.21. The van der Waals surface area contributed by atoms with E-state index >= 15 is 0 Å². The number of carbonyl (C=O) groups is 1. The van der Waals surface area contributed by atoms with E-state index in [1.807, 2.05) is 33.8 Å². The Morgan fingerprint density at radius 3 is 2.42 bits per heavy atom. The maximum atomic E-state index is 14.5. The van der Waals surface area contributed by atoms with Gasteiger partial charge in [0.25, 0.3) is 0 Å². The first-order chi connectivity index (χ1) is 11.4. The van der Waals surface area contributed by atoms with Crippen molar-refractivity contribution in [2.24, 2.45) is 11.1 Å². The number of anilines is 1. The number of hydrogen-bond donors (Lipinski definition) is 2. The molecule has 1 aromatic heterocycles. The molecule has 0 saturated heterocycles. The van der Waals surface area contributed by atoms with Crippen LogP contribution in [0.25, 0.3) is 5.69 Å². The summed E-state index contributed by atoms with van der Waals surface area (Å²) in [4.78, 5) is 12.5. The average Bonchev–Trinajstić information content (AvgIpc) is 2.88. The number of aromatic nitrogens is 2. The van der Waals surface area contributed by atoms with E-state index < -0.39 is 11.2 Å². The summed E-state index contributed by atoms with van der Waals surface area (Å²) in [6.45, 7) is 7.86. The summed E-state index contributed by atoms with van der Waals surface area (Å²) in [5.74, 6) is -0.612. The van der Waals surface area contributed by atoms with E-state index in [9.17, 15) is 9.18 Å². The summed E-state index contributed by atoms with van der Waals surface area (Å²) in [6, 6.07) is 6.50. The fourth-order valence-electron chi connectivity index (χ4n) is 2.85. The van der Waals surface area contributed by atoms with E-state index in [0.717, 1.165) is 11.4 Å². The number of carbonyl (C=O) groups excluding carboxylic acids is 1. The van der Waals surface area contributed by atoms with Crippen LogP contribution in [0.2, 0.25) is 0 Å². The Bertz CT molecular complexity index is 726. The quantitative estimate of drug-likeness (QED) is 0.852. The second-order valence-electron chi connectivity index (χ2n) is 6.15. The lowest BCUT2D eigenvalue weighted by Gasteiger charge is -2.28. The van der Waals surface area contributed by atoms with Gasteiger partial charge in [-0.3, -0.25) is 4.79 Å². The molecule has 0 atom stereocenters. The van der Waals surface area contributed by atoms with Crippen LogP contribution in [-0.4, -0.2) is 22.2 Å². The van der Waals surface area contributed by atoms with E-state index in [2.05, 4.69) is 10.4 Å². The van der Waals surface area contributed by atoms with Gasteiger partial charge in [-0.2, -0.15) is 5.10 Å². The van der Waals surface area contributed by atoms with E-state index in [0.29, 0.717) is 24.2 Å². The van der Waals surface area contributed by atoms with Gasteiger partial charge in [-0.1, -0.05) is 13.8 Å². The molecule has 0 spiro atoms. The highest BCUT2D eigenvalue weighted by molar-refractivity contribution is 5.95. The fourth-order valence-corrected chi connectivity index (χ4v) is 2.85. The molecule has 1 amide bonds. The summed E-state index contributed by atoms with van der Waals surface area (Å²) in [5, 5.41) is 7.07. The number of nitrogens with two attached hydrogens (primary N) is 1. The zero-order valence-electron chi connectivity index (χ0n) is 14.7. The molecule has 3 N–H and O–H groups in total. The van der Waals surface area contributed by atoms with Crippen LogP contribution in [0.4, 0.5) is 10.1 Å². The minimum absolute atomic E-state index is 0.173. The highest BCUT2D eigenvalue weighted by Gasteiger charge is 2.33. The lowest BCUT2D eigenvalue weighted by molar-refractivity contribution is -0.125. The lowest BCUT2D eigenvalue weighted by atomic mass is 9.81. The first-order valence-electron chi connectivity index (χ1n) is 8.21. The van der Waals surface area contributed by atoms with Crippen LogP contribution < -0.4 is 11.1 Å². The van der Waals surface area contributed by atoms with Crippen LogP contribution in [0.1, 0.15) is 38.1 Å². The third kappa shape index (κ3) is 3.33. The Morgan fingerprint density at radius 2 is 1.96 bits per heavy atom. The molecule has 1 aromatic carbocycles. The molecule has 0 saturated carbocycles. The van der Waals surface area contributed by atoms with Crippen molar-refractivity contribution in [1.29, 1.82) is 0 Å². The molecule has 0 aliphatic rings. The summed E-state index contributed by atoms with van der Waals surface area (Å²) >= 11 is 0. The van der Waals surface area contributed by atoms with Crippen molar-refractivity contribution < 1.29 is 9.18 Å². The van der Waals surface area contributed by atoms with Crippen LogP contribution in [-0.2, 0) is 4.79 Å². The molecule has 24 heavy (non-hydrogen) atoms. The van der Waals surface area contributed by atoms with Gasteiger partial charge in [0, 0.05) is 17.9 Å². The van der Waals surface area contributed by atoms with Gasteiger partial charge in [0.1, 0.15) is 5.69 Å². The van der Waals surface area contributed by atoms with Gasteiger partial charge in [0.05, 0.1) is 11.1 Å². The van der Waals surface area contributed by atoms with Crippen molar-refractivity contribution in [2.45, 2.75) is 40.5 Å². The number of nitrogens with one attached hydrogen (secondary N) is 1. The molecule has 2 rings (SSSR count). The third-order valence-electron chi connectivity index (χ3n) is 4.67. The summed E-state index contributed by atoms with van der Waals surface area (Å²) in [6.07, 6.45) is 1.27. The zero-order valence-corrected chi connectivity index (χ0v) is 14.7. The van der Waals surface area contributed by atoms with Crippen LogP contribution in [0, 0.1) is 25.1 Å². The molecule has 5 nitrogen and oxygen atoms in total. The van der Waals surface area contributed by atoms with Crippen molar-refractivity contribution in [1.82, 2.24) is 9.78 Å². The SMILES string of the molecule is CCC(CC)(CN)C(=O)Nc1ccc(-n2nc(C)cc2C)c(F)c1. The van der Waals surface area contributed by atoms with Gasteiger partial charge in [-0.05, 0) is 51.0 Å². The normalized spacial score (nSPS) is 11.6. The predicted octanol–water partition coefficient (Wildman–Crippen LogP) is 3.33. The van der Waals surface area contributed by atoms with Crippen LogP contribution in [0.5, 0.6) is 0 Å². The maximum absolute atomic E-state index is 14.5. The zero-order chi connectivity index (χ0) is 17.9. The molecule has 0 aliphatic heterocycles. The smallest absolute Gasteiger partial charge is 0.231 e. The number of aryl methyl sites for hydroxylation is 2. The van der Waals surface area contributed by atoms with Crippen molar-refractivity contribution in [3.05, 3.63) is 41.5 Å². The highest BCUT2D eigenvalue weighted by Crippen LogP contribution is 2.28. The molecule has 130 valence electrons. The largest absolute Gasteiger partial charge is 0.329 e. The molecule has 1 heterocycles. The number of halogens is 1. The summed E-state index contributed by atoms with van der Waals surface area (Å²) < 4.78 is 16.0. The minimum atomic E-state index is -0.620. The first kappa shape index (κ1) is 18.1. The second kappa shape index (κ2) is 7.13. The molecule has 0 radical (unpaired) electrons. The summed E-state index contributed by atoms with van der Waals surface area (Å²) in [7, 11) is 0. The molecule has 0 bridgehead atoms. The third-order valence-corrected chi connectivity index (χ3v) is 4.67. The van der Waals surface area contributed by atoms with Crippen LogP contribution in [0.3, 0.4) is 0 Å². The van der Waals surface area contributed by atoms with E-state index in [1.165, 1.54) is 6.07 Å². The van der Waals surface area contributed by atoms with Gasteiger partial charge in [-0.15, -0.1) is 0 Å². The van der Waals surface area contributed by atoms with Crippen molar-refractivity contribution in [3.63, 3.8) is 0 Å². The predicted molar refractivity (Wildman–Crippen MR) is 93.7 cm³/mol. The molecular weight excluding hydrogens is 307 g/mol. The van der Waals surface area contributed by atoms with Gasteiger partial charge in [0.15, 0.2) is 5.82 Å². The number of amides is 1. The number of hydrogen-bond acceptors (Lipinski definition) is 3. The fraction of sp³-hybridized carbons (Fsp3) is 0.444. The second-order valence-corrected chi connectivity index (χ2v) is 6.15. The van der Waals surface area contributed by atoms with E-state index in [1.54, 1.807) is 16.8 Å². The van der Waals surface area contributed by atoms with Gasteiger partial charge < -0.3 is 11.1 Å². The van der Waals surface area contributed by atoms with Crippen molar-refractivity contribution >= 4 is 11.6 Å². The van der Waals surface area contributed by atoms with Crippen molar-refractivity contribution in [2.75, 3.05) is 11.9 Å². The summed E-state index contributed by atoms with van der Waals surface area (Å²) in [5.41, 5.74) is 7.61. The standard InChI is InChI=1S/C18H25FN4O/c1-5-18(6-2,11-20)17(24)21-14-7-8-16(15(19)10-14)23-13(4)9-12(3)22-23/h7-10H,5-6,11,20H2,1-4H3,(H,21,24). The van der Waals surface area contributed by atoms with E-state index in [4.69, 9.17) is 5.73 Å². The highest BCUT2D eigenvalue weighted by atomic mass is 19.1. The Balaban J connectivity index is 2.27. The van der Waals surface area contributed by atoms with E-state index in [-0.39, 0.29) is 12.5 Å². The molecule has 6 heteroatoms. The number of benzene rings is 1. The van der Waals surface area contributed by atoms with Gasteiger partial charge >= 0.3 is 0 Å². The Kier molecular flexibility index (Phi) is 5.39. The minimum Gasteiger partial charge on any atom is -0.329 e. The monoisotopic (exact) mass is 332 g/mol. The Hall–Kier alpha value is -2.21. The molecule has 0 unspecified atom stereocenters. The van der Waals surface area contributed by atoms with Crippen LogP contribution >= 0.6 is 0 Å². The average molecular weight is 332 g/mol. The number of rotatable bonds is 6.